The van der Waals surface area contributed by atoms with Crippen molar-refractivity contribution in [1.29, 1.82) is 0 Å². The minimum atomic E-state index is -0.398. The highest BCUT2D eigenvalue weighted by Crippen LogP contribution is 2.34. The summed E-state index contributed by atoms with van der Waals surface area (Å²) in [5.41, 5.74) is 0.698. The fraction of sp³-hybridized carbons (Fsp3) is 0.412. The Morgan fingerprint density at radius 3 is 3.04 bits per heavy atom. The summed E-state index contributed by atoms with van der Waals surface area (Å²) in [4.78, 5) is 26.9. The molecule has 4 rings (SSSR count). The first kappa shape index (κ1) is 15.0. The second-order valence-corrected chi connectivity index (χ2v) is 6.19. The smallest absolute Gasteiger partial charge is 0.253 e. The number of piperidine rings is 1. The molecule has 0 bridgehead atoms. The van der Waals surface area contributed by atoms with Crippen LogP contribution in [0.5, 0.6) is 0 Å². The van der Waals surface area contributed by atoms with Crippen molar-refractivity contribution in [3.63, 3.8) is 0 Å². The second kappa shape index (κ2) is 6.52. The second-order valence-electron chi connectivity index (χ2n) is 6.19. The molecule has 2 aliphatic heterocycles. The molecule has 24 heavy (non-hydrogen) atoms. The predicted octanol–water partition coefficient (Wildman–Crippen LogP) is 1.49. The molecule has 4 heterocycles. The van der Waals surface area contributed by atoms with E-state index in [4.69, 9.17) is 4.74 Å². The highest BCUT2D eigenvalue weighted by Gasteiger charge is 2.42. The van der Waals surface area contributed by atoms with Crippen LogP contribution in [0, 0.1) is 5.92 Å². The number of hydrogen-bond acceptors (Lipinski definition) is 6. The Morgan fingerprint density at radius 1 is 1.29 bits per heavy atom. The van der Waals surface area contributed by atoms with Gasteiger partial charge in [0.15, 0.2) is 0 Å². The van der Waals surface area contributed by atoms with Gasteiger partial charge in [0.2, 0.25) is 0 Å². The Morgan fingerprint density at radius 2 is 2.25 bits per heavy atom. The van der Waals surface area contributed by atoms with Crippen LogP contribution < -0.4 is 10.2 Å². The number of rotatable bonds is 3. The average Bonchev–Trinajstić information content (AvgIpc) is 3.07. The van der Waals surface area contributed by atoms with Crippen LogP contribution in [0.2, 0.25) is 0 Å². The summed E-state index contributed by atoms with van der Waals surface area (Å²) in [6, 6.07) is 5.52. The fourth-order valence-electron chi connectivity index (χ4n) is 3.44. The third-order valence-electron chi connectivity index (χ3n) is 4.66. The summed E-state index contributed by atoms with van der Waals surface area (Å²) in [5, 5.41) is 2.88. The highest BCUT2D eigenvalue weighted by atomic mass is 16.5. The van der Waals surface area contributed by atoms with Gasteiger partial charge in [-0.3, -0.25) is 9.78 Å². The van der Waals surface area contributed by atoms with Gasteiger partial charge in [-0.25, -0.2) is 9.97 Å². The van der Waals surface area contributed by atoms with Crippen LogP contribution in [0.1, 0.15) is 12.8 Å². The number of carbonyl (C=O) groups is 1. The molecule has 1 N–H and O–H groups in total. The maximum Gasteiger partial charge on any atom is 0.253 e. The number of pyridine rings is 1. The summed E-state index contributed by atoms with van der Waals surface area (Å²) >= 11 is 0. The van der Waals surface area contributed by atoms with Gasteiger partial charge in [0.1, 0.15) is 18.2 Å². The molecule has 0 radical (unpaired) electrons. The predicted molar refractivity (Wildman–Crippen MR) is 88.5 cm³/mol. The standard InChI is InChI=1S/C17H19N5O2/c23-17(21-13-2-1-5-18-9-13)14-8-12-4-7-22(10-15(12)24-14)16-3-6-19-11-20-16/h1-3,5-6,9,11-12,14-15H,4,7-8,10H2,(H,21,23)/t12-,14+,15+/m1/s1. The number of fused-ring (bicyclic) bond motifs is 1. The maximum atomic E-state index is 12.4. The molecule has 7 heteroatoms. The normalized spacial score (nSPS) is 26.0. The van der Waals surface area contributed by atoms with Crippen molar-refractivity contribution in [1.82, 2.24) is 15.0 Å². The van der Waals surface area contributed by atoms with Crippen molar-refractivity contribution in [3.8, 4) is 0 Å². The largest absolute Gasteiger partial charge is 0.363 e. The molecule has 2 saturated heterocycles. The molecule has 2 aliphatic rings. The van der Waals surface area contributed by atoms with Crippen LogP contribution in [0.3, 0.4) is 0 Å². The van der Waals surface area contributed by atoms with Gasteiger partial charge >= 0.3 is 0 Å². The van der Waals surface area contributed by atoms with Crippen molar-refractivity contribution in [2.75, 3.05) is 23.3 Å². The average molecular weight is 325 g/mol. The summed E-state index contributed by atoms with van der Waals surface area (Å²) in [6.07, 6.45) is 8.06. The Hall–Kier alpha value is -2.54. The van der Waals surface area contributed by atoms with Crippen LogP contribution >= 0.6 is 0 Å². The van der Waals surface area contributed by atoms with Gasteiger partial charge in [-0.15, -0.1) is 0 Å². The molecule has 0 aromatic carbocycles. The van der Waals surface area contributed by atoms with Crippen LogP contribution in [-0.4, -0.2) is 46.2 Å². The van der Waals surface area contributed by atoms with E-state index in [0.717, 1.165) is 31.7 Å². The third-order valence-corrected chi connectivity index (χ3v) is 4.66. The van der Waals surface area contributed by atoms with E-state index in [0.29, 0.717) is 11.6 Å². The number of aromatic nitrogens is 3. The van der Waals surface area contributed by atoms with E-state index in [1.807, 2.05) is 12.1 Å². The van der Waals surface area contributed by atoms with Crippen molar-refractivity contribution in [3.05, 3.63) is 43.1 Å². The third kappa shape index (κ3) is 3.07. The first-order chi connectivity index (χ1) is 11.8. The van der Waals surface area contributed by atoms with E-state index >= 15 is 0 Å². The zero-order valence-corrected chi connectivity index (χ0v) is 13.2. The lowest BCUT2D eigenvalue weighted by Gasteiger charge is -2.34. The number of hydrogen-bond donors (Lipinski definition) is 1. The molecule has 3 atom stereocenters. The van der Waals surface area contributed by atoms with E-state index in [1.165, 1.54) is 0 Å². The number of amides is 1. The molecule has 2 fully saturated rings. The molecule has 0 aliphatic carbocycles. The number of carbonyl (C=O) groups excluding carboxylic acids is 1. The van der Waals surface area contributed by atoms with Gasteiger partial charge < -0.3 is 15.0 Å². The van der Waals surface area contributed by atoms with Gasteiger partial charge in [0.05, 0.1) is 18.0 Å². The molecule has 1 amide bonds. The maximum absolute atomic E-state index is 12.4. The number of nitrogens with zero attached hydrogens (tertiary/aromatic N) is 4. The van der Waals surface area contributed by atoms with Crippen LogP contribution in [-0.2, 0) is 9.53 Å². The molecule has 2 aromatic heterocycles. The van der Waals surface area contributed by atoms with E-state index in [2.05, 4.69) is 25.2 Å². The molecule has 2 aromatic rings. The monoisotopic (exact) mass is 325 g/mol. The summed E-state index contributed by atoms with van der Waals surface area (Å²) in [7, 11) is 0. The summed E-state index contributed by atoms with van der Waals surface area (Å²) in [6.45, 7) is 1.69. The Bertz CT molecular complexity index is 697. The Kier molecular flexibility index (Phi) is 4.08. The van der Waals surface area contributed by atoms with Crippen LogP contribution in [0.4, 0.5) is 11.5 Å². The first-order valence-corrected chi connectivity index (χ1v) is 8.17. The molecule has 0 saturated carbocycles. The van der Waals surface area contributed by atoms with Crippen molar-refractivity contribution < 1.29 is 9.53 Å². The molecule has 0 spiro atoms. The fourth-order valence-corrected chi connectivity index (χ4v) is 3.44. The molecular formula is C17H19N5O2. The van der Waals surface area contributed by atoms with Crippen molar-refractivity contribution in [2.24, 2.45) is 5.92 Å². The van der Waals surface area contributed by atoms with E-state index < -0.39 is 6.10 Å². The lowest BCUT2D eigenvalue weighted by molar-refractivity contribution is -0.126. The summed E-state index contributed by atoms with van der Waals surface area (Å²) < 4.78 is 6.03. The number of nitrogens with one attached hydrogen (secondary N) is 1. The molecule has 124 valence electrons. The lowest BCUT2D eigenvalue weighted by atomic mass is 9.91. The SMILES string of the molecule is O=C(Nc1cccnc1)[C@@H]1C[C@H]2CCN(c3ccncn3)C[C@@H]2O1. The first-order valence-electron chi connectivity index (χ1n) is 8.17. The minimum absolute atomic E-state index is 0.0679. The Balaban J connectivity index is 1.38. The zero-order chi connectivity index (χ0) is 16.4. The Labute approximate surface area is 140 Å². The van der Waals surface area contributed by atoms with E-state index in [9.17, 15) is 4.79 Å². The van der Waals surface area contributed by atoms with Crippen LogP contribution in [0.15, 0.2) is 43.1 Å². The highest BCUT2D eigenvalue weighted by molar-refractivity contribution is 5.94. The van der Waals surface area contributed by atoms with Gasteiger partial charge in [0.25, 0.3) is 5.91 Å². The van der Waals surface area contributed by atoms with Crippen molar-refractivity contribution >= 4 is 17.4 Å². The van der Waals surface area contributed by atoms with Gasteiger partial charge in [0, 0.05) is 25.5 Å². The molecule has 0 unspecified atom stereocenters. The molecular weight excluding hydrogens is 306 g/mol. The topological polar surface area (TPSA) is 80.2 Å². The van der Waals surface area contributed by atoms with Gasteiger partial charge in [-0.1, -0.05) is 0 Å². The lowest BCUT2D eigenvalue weighted by Crippen LogP contribution is -2.42. The van der Waals surface area contributed by atoms with Gasteiger partial charge in [-0.2, -0.15) is 0 Å². The number of ether oxygens (including phenoxy) is 1. The van der Waals surface area contributed by atoms with E-state index in [1.54, 1.807) is 31.0 Å². The van der Waals surface area contributed by atoms with E-state index in [-0.39, 0.29) is 12.0 Å². The van der Waals surface area contributed by atoms with Gasteiger partial charge in [-0.05, 0) is 37.0 Å². The zero-order valence-electron chi connectivity index (χ0n) is 13.2. The quantitative estimate of drug-likeness (QED) is 0.921. The summed E-state index contributed by atoms with van der Waals surface area (Å²) in [5.74, 6) is 1.24. The van der Waals surface area contributed by atoms with Crippen LogP contribution in [0.25, 0.3) is 0 Å². The molecule has 7 nitrogen and oxygen atoms in total. The van der Waals surface area contributed by atoms with Crippen molar-refractivity contribution in [2.45, 2.75) is 25.0 Å². The number of anilines is 2. The minimum Gasteiger partial charge on any atom is -0.363 e.